The molecule has 5 nitrogen and oxygen atoms in total. The number of fused-ring (bicyclic) bond motifs is 6. The smallest absolute Gasteiger partial charge is 0.164 e. The zero-order chi connectivity index (χ0) is 41.7. The molecule has 0 radical (unpaired) electrons. The van der Waals surface area contributed by atoms with Crippen molar-refractivity contribution in [2.45, 2.75) is 0 Å². The Bertz CT molecular complexity index is 3640. The summed E-state index contributed by atoms with van der Waals surface area (Å²) in [6, 6.07) is 78.7. The number of pyridine rings is 1. The van der Waals surface area contributed by atoms with Crippen molar-refractivity contribution in [3.63, 3.8) is 0 Å². The van der Waals surface area contributed by atoms with Crippen LogP contribution in [-0.4, -0.2) is 24.5 Å². The molecule has 0 atom stereocenters. The monoisotopic (exact) mass is 803 g/mol. The van der Waals surface area contributed by atoms with E-state index in [1.807, 2.05) is 36.4 Å². The molecule has 12 rings (SSSR count). The van der Waals surface area contributed by atoms with Crippen LogP contribution in [-0.2, 0) is 0 Å². The van der Waals surface area contributed by atoms with E-state index in [1.165, 1.54) is 16.2 Å². The highest BCUT2D eigenvalue weighted by atomic mass is 15.0. The van der Waals surface area contributed by atoms with Crippen molar-refractivity contribution < 1.29 is 0 Å². The number of para-hydroxylation sites is 1. The molecule has 5 heteroatoms. The summed E-state index contributed by atoms with van der Waals surface area (Å²) < 4.78 is 2.39. The minimum Gasteiger partial charge on any atom is -0.309 e. The second kappa shape index (κ2) is 15.2. The van der Waals surface area contributed by atoms with E-state index >= 15 is 0 Å². The number of hydrogen-bond donors (Lipinski definition) is 0. The molecule has 0 spiro atoms. The van der Waals surface area contributed by atoms with Crippen molar-refractivity contribution in [2.75, 3.05) is 0 Å². The molecular formula is C58H37N5. The molecule has 63 heavy (non-hydrogen) atoms. The first-order chi connectivity index (χ1) is 31.2. The van der Waals surface area contributed by atoms with Gasteiger partial charge in [-0.2, -0.15) is 0 Å². The van der Waals surface area contributed by atoms with Gasteiger partial charge in [-0.15, -0.1) is 0 Å². The molecule has 3 aromatic heterocycles. The minimum absolute atomic E-state index is 0.624. The molecule has 0 saturated heterocycles. The van der Waals surface area contributed by atoms with E-state index < -0.39 is 0 Å². The molecule has 9 aromatic carbocycles. The summed E-state index contributed by atoms with van der Waals surface area (Å²) in [5, 5.41) is 5.81. The lowest BCUT2D eigenvalue weighted by atomic mass is 9.98. The summed E-state index contributed by atoms with van der Waals surface area (Å²) in [6.07, 6.45) is 0. The Morgan fingerprint density at radius 3 is 1.43 bits per heavy atom. The maximum Gasteiger partial charge on any atom is 0.164 e. The van der Waals surface area contributed by atoms with Gasteiger partial charge in [0.25, 0.3) is 0 Å². The Balaban J connectivity index is 0.981. The maximum atomic E-state index is 5.35. The van der Waals surface area contributed by atoms with Gasteiger partial charge in [-0.3, -0.25) is 0 Å². The average Bonchev–Trinajstić information content (AvgIpc) is 3.69. The molecule has 0 saturated carbocycles. The number of rotatable bonds is 7. The standard InChI is InChI=1S/C58H37N5/c1-5-16-38(17-6-1)43-22-15-23-45(34-43)58-61-56(41-20-9-3-10-21-41)60-57(62-58)42-30-28-39(29-31-42)44-32-33-48-51-36-52-50(37-54(51)63(53(48)35-44)46-24-11-4-12-25-46)47-26-13-14-27-49(47)55(59-52)40-18-7-2-8-19-40/h1-37H. The van der Waals surface area contributed by atoms with Gasteiger partial charge >= 0.3 is 0 Å². The van der Waals surface area contributed by atoms with Gasteiger partial charge in [0.1, 0.15) is 0 Å². The summed E-state index contributed by atoms with van der Waals surface area (Å²) >= 11 is 0. The molecule has 294 valence electrons. The second-order valence-corrected chi connectivity index (χ2v) is 15.9. The van der Waals surface area contributed by atoms with E-state index in [9.17, 15) is 0 Å². The second-order valence-electron chi connectivity index (χ2n) is 15.9. The van der Waals surface area contributed by atoms with E-state index in [0.717, 1.165) is 83.2 Å². The first kappa shape index (κ1) is 36.3. The van der Waals surface area contributed by atoms with Crippen molar-refractivity contribution in [1.82, 2.24) is 24.5 Å². The molecule has 0 aliphatic rings. The van der Waals surface area contributed by atoms with Crippen LogP contribution in [0, 0.1) is 0 Å². The summed E-state index contributed by atoms with van der Waals surface area (Å²) in [5.74, 6) is 1.89. The highest BCUT2D eigenvalue weighted by Gasteiger charge is 2.19. The zero-order valence-corrected chi connectivity index (χ0v) is 34.1. The topological polar surface area (TPSA) is 56.5 Å². The highest BCUT2D eigenvalue weighted by Crippen LogP contribution is 2.40. The molecule has 0 fully saturated rings. The lowest BCUT2D eigenvalue weighted by molar-refractivity contribution is 1.07. The average molecular weight is 804 g/mol. The molecule has 0 N–H and O–H groups in total. The van der Waals surface area contributed by atoms with Crippen LogP contribution < -0.4 is 0 Å². The van der Waals surface area contributed by atoms with Gasteiger partial charge in [-0.1, -0.05) is 188 Å². The summed E-state index contributed by atoms with van der Waals surface area (Å²) in [4.78, 5) is 20.5. The van der Waals surface area contributed by atoms with E-state index in [1.54, 1.807) is 0 Å². The summed E-state index contributed by atoms with van der Waals surface area (Å²) in [6.45, 7) is 0. The van der Waals surface area contributed by atoms with Crippen molar-refractivity contribution in [3.8, 4) is 73.4 Å². The van der Waals surface area contributed by atoms with Crippen LogP contribution in [0.15, 0.2) is 224 Å². The fraction of sp³-hybridized carbons (Fsp3) is 0. The first-order valence-electron chi connectivity index (χ1n) is 21.2. The van der Waals surface area contributed by atoms with Crippen molar-refractivity contribution in [3.05, 3.63) is 224 Å². The number of hydrogen-bond acceptors (Lipinski definition) is 4. The molecule has 0 aliphatic carbocycles. The van der Waals surface area contributed by atoms with Gasteiger partial charge in [-0.25, -0.2) is 19.9 Å². The van der Waals surface area contributed by atoms with Crippen molar-refractivity contribution >= 4 is 43.5 Å². The predicted octanol–water partition coefficient (Wildman–Crippen LogP) is 14.7. The highest BCUT2D eigenvalue weighted by molar-refractivity contribution is 6.19. The lowest BCUT2D eigenvalue weighted by Gasteiger charge is -2.12. The van der Waals surface area contributed by atoms with Gasteiger partial charge in [0.15, 0.2) is 17.5 Å². The normalized spacial score (nSPS) is 11.5. The van der Waals surface area contributed by atoms with E-state index in [2.05, 4.69) is 193 Å². The Morgan fingerprint density at radius 1 is 0.254 bits per heavy atom. The molecule has 0 unspecified atom stereocenters. The minimum atomic E-state index is 0.624. The largest absolute Gasteiger partial charge is 0.309 e. The van der Waals surface area contributed by atoms with Crippen LogP contribution in [0.5, 0.6) is 0 Å². The predicted molar refractivity (Wildman–Crippen MR) is 260 cm³/mol. The molecule has 12 aromatic rings. The molecule has 0 bridgehead atoms. The quantitative estimate of drug-likeness (QED) is 0.151. The van der Waals surface area contributed by atoms with E-state index in [-0.39, 0.29) is 0 Å². The van der Waals surface area contributed by atoms with Crippen LogP contribution in [0.1, 0.15) is 0 Å². The third kappa shape index (κ3) is 6.51. The van der Waals surface area contributed by atoms with Crippen LogP contribution in [0.2, 0.25) is 0 Å². The van der Waals surface area contributed by atoms with E-state index in [0.29, 0.717) is 17.5 Å². The van der Waals surface area contributed by atoms with Gasteiger partial charge in [0.2, 0.25) is 0 Å². The molecular weight excluding hydrogens is 767 g/mol. The Labute approximate surface area is 364 Å². The van der Waals surface area contributed by atoms with Crippen LogP contribution in [0.4, 0.5) is 0 Å². The third-order valence-corrected chi connectivity index (χ3v) is 12.0. The van der Waals surface area contributed by atoms with Crippen molar-refractivity contribution in [2.24, 2.45) is 0 Å². The Kier molecular flexibility index (Phi) is 8.75. The van der Waals surface area contributed by atoms with Gasteiger partial charge < -0.3 is 4.57 Å². The third-order valence-electron chi connectivity index (χ3n) is 12.0. The first-order valence-corrected chi connectivity index (χ1v) is 21.2. The van der Waals surface area contributed by atoms with Gasteiger partial charge in [0.05, 0.1) is 22.2 Å². The van der Waals surface area contributed by atoms with Crippen LogP contribution in [0.25, 0.3) is 117 Å². The number of aromatic nitrogens is 5. The summed E-state index contributed by atoms with van der Waals surface area (Å²) in [5.41, 5.74) is 13.7. The Morgan fingerprint density at radius 2 is 0.730 bits per heavy atom. The zero-order valence-electron chi connectivity index (χ0n) is 34.1. The van der Waals surface area contributed by atoms with Crippen molar-refractivity contribution in [1.29, 1.82) is 0 Å². The van der Waals surface area contributed by atoms with E-state index in [4.69, 9.17) is 19.9 Å². The Hall–Kier alpha value is -8.54. The SMILES string of the molecule is c1ccc(-c2cccc(-c3nc(-c4ccccc4)nc(-c4ccc(-c5ccc6c7cc8nc(-c9ccccc9)c9ccccc9c8cc7n(-c7ccccc7)c6c5)cc4)n3)c2)cc1. The fourth-order valence-electron chi connectivity index (χ4n) is 8.95. The molecule has 3 heterocycles. The number of nitrogens with zero attached hydrogens (tertiary/aromatic N) is 5. The summed E-state index contributed by atoms with van der Waals surface area (Å²) in [7, 11) is 0. The van der Waals surface area contributed by atoms with Crippen LogP contribution >= 0.6 is 0 Å². The lowest BCUT2D eigenvalue weighted by Crippen LogP contribution is -2.00. The van der Waals surface area contributed by atoms with Crippen LogP contribution in [0.3, 0.4) is 0 Å². The van der Waals surface area contributed by atoms with Gasteiger partial charge in [-0.05, 0) is 64.0 Å². The van der Waals surface area contributed by atoms with Gasteiger partial charge in [0, 0.05) is 49.5 Å². The number of benzene rings is 9. The maximum absolute atomic E-state index is 5.35. The fourth-order valence-corrected chi connectivity index (χ4v) is 8.95. The molecule has 0 amide bonds. The molecule has 0 aliphatic heterocycles.